The fourth-order valence-corrected chi connectivity index (χ4v) is 2.19. The monoisotopic (exact) mass is 334 g/mol. The Balaban J connectivity index is 2.60. The molecule has 1 amide bonds. The third kappa shape index (κ3) is 7.46. The molecule has 0 aromatic heterocycles. The average molecular weight is 334 g/mol. The van der Waals surface area contributed by atoms with E-state index in [1.54, 1.807) is 7.11 Å². The highest BCUT2D eigenvalue weighted by atomic mass is 16.5. The Morgan fingerprint density at radius 1 is 1.17 bits per heavy atom. The van der Waals surface area contributed by atoms with Gasteiger partial charge in [-0.05, 0) is 24.5 Å². The van der Waals surface area contributed by atoms with Crippen LogP contribution in [0.25, 0.3) is 0 Å². The molecule has 0 fully saturated rings. The largest absolute Gasteiger partial charge is 0.383 e. The second-order valence-electron chi connectivity index (χ2n) is 5.54. The van der Waals surface area contributed by atoms with Crippen LogP contribution in [0.4, 0.5) is 0 Å². The summed E-state index contributed by atoms with van der Waals surface area (Å²) in [6.07, 6.45) is 1.04. The molecule has 0 aliphatic rings. The summed E-state index contributed by atoms with van der Waals surface area (Å²) in [6, 6.07) is 8.57. The maximum atomic E-state index is 11.8. The SMILES string of the molecule is CCNC(=NCC(=O)NCCOC)N(C)Cc1ccc(CC)cc1. The van der Waals surface area contributed by atoms with E-state index in [4.69, 9.17) is 4.74 Å². The van der Waals surface area contributed by atoms with Crippen LogP contribution in [-0.2, 0) is 22.5 Å². The van der Waals surface area contributed by atoms with Crippen molar-refractivity contribution in [3.63, 3.8) is 0 Å². The predicted molar refractivity (Wildman–Crippen MR) is 98.2 cm³/mol. The van der Waals surface area contributed by atoms with Gasteiger partial charge in [0.25, 0.3) is 0 Å². The van der Waals surface area contributed by atoms with Crippen LogP contribution in [-0.4, -0.2) is 57.2 Å². The number of carbonyl (C=O) groups excluding carboxylic acids is 1. The molecule has 6 heteroatoms. The van der Waals surface area contributed by atoms with E-state index in [0.717, 1.165) is 25.5 Å². The molecule has 6 nitrogen and oxygen atoms in total. The molecule has 0 bridgehead atoms. The molecule has 0 unspecified atom stereocenters. The number of hydrogen-bond acceptors (Lipinski definition) is 3. The lowest BCUT2D eigenvalue weighted by Gasteiger charge is -2.22. The first-order valence-electron chi connectivity index (χ1n) is 8.43. The van der Waals surface area contributed by atoms with Gasteiger partial charge in [0.2, 0.25) is 5.91 Å². The van der Waals surface area contributed by atoms with Gasteiger partial charge in [0.15, 0.2) is 5.96 Å². The molecule has 0 heterocycles. The van der Waals surface area contributed by atoms with Gasteiger partial charge in [0.05, 0.1) is 6.61 Å². The van der Waals surface area contributed by atoms with E-state index >= 15 is 0 Å². The number of ether oxygens (including phenoxy) is 1. The molecule has 1 aromatic rings. The zero-order valence-corrected chi connectivity index (χ0v) is 15.3. The molecular formula is C18H30N4O2. The van der Waals surface area contributed by atoms with Crippen molar-refractivity contribution in [3.05, 3.63) is 35.4 Å². The summed E-state index contributed by atoms with van der Waals surface area (Å²) in [4.78, 5) is 18.2. The van der Waals surface area contributed by atoms with Crippen molar-refractivity contribution in [2.45, 2.75) is 26.8 Å². The smallest absolute Gasteiger partial charge is 0.241 e. The van der Waals surface area contributed by atoms with Crippen LogP contribution in [0.2, 0.25) is 0 Å². The highest BCUT2D eigenvalue weighted by molar-refractivity contribution is 5.84. The van der Waals surface area contributed by atoms with E-state index in [1.807, 2.05) is 18.9 Å². The molecule has 1 rings (SSSR count). The lowest BCUT2D eigenvalue weighted by atomic mass is 10.1. The van der Waals surface area contributed by atoms with Gasteiger partial charge in [-0.25, -0.2) is 4.99 Å². The number of amides is 1. The number of nitrogens with zero attached hydrogens (tertiary/aromatic N) is 2. The molecule has 24 heavy (non-hydrogen) atoms. The maximum absolute atomic E-state index is 11.8. The first-order valence-corrected chi connectivity index (χ1v) is 8.43. The van der Waals surface area contributed by atoms with Crippen LogP contribution in [0.5, 0.6) is 0 Å². The Hall–Kier alpha value is -2.08. The van der Waals surface area contributed by atoms with E-state index in [9.17, 15) is 4.79 Å². The van der Waals surface area contributed by atoms with E-state index < -0.39 is 0 Å². The second kappa shape index (κ2) is 11.5. The van der Waals surface area contributed by atoms with Gasteiger partial charge in [-0.2, -0.15) is 0 Å². The summed E-state index contributed by atoms with van der Waals surface area (Å²) >= 11 is 0. The highest BCUT2D eigenvalue weighted by Crippen LogP contribution is 2.07. The summed E-state index contributed by atoms with van der Waals surface area (Å²) in [5, 5.41) is 5.98. The van der Waals surface area contributed by atoms with Crippen molar-refractivity contribution in [2.75, 3.05) is 40.4 Å². The Kier molecular flexibility index (Phi) is 9.53. The topological polar surface area (TPSA) is 66.0 Å². The summed E-state index contributed by atoms with van der Waals surface area (Å²) in [6.45, 7) is 6.76. The van der Waals surface area contributed by atoms with E-state index in [-0.39, 0.29) is 12.5 Å². The minimum atomic E-state index is -0.108. The van der Waals surface area contributed by atoms with Crippen molar-refractivity contribution in [1.82, 2.24) is 15.5 Å². The summed E-state index contributed by atoms with van der Waals surface area (Å²) in [5.74, 6) is 0.613. The summed E-state index contributed by atoms with van der Waals surface area (Å²) < 4.78 is 4.91. The quantitative estimate of drug-likeness (QED) is 0.407. The molecule has 2 N–H and O–H groups in total. The van der Waals surface area contributed by atoms with Gasteiger partial charge in [-0.3, -0.25) is 4.79 Å². The van der Waals surface area contributed by atoms with Crippen molar-refractivity contribution in [1.29, 1.82) is 0 Å². The number of nitrogens with one attached hydrogen (secondary N) is 2. The van der Waals surface area contributed by atoms with Gasteiger partial charge < -0.3 is 20.3 Å². The number of rotatable bonds is 9. The first-order chi connectivity index (χ1) is 11.6. The maximum Gasteiger partial charge on any atom is 0.241 e. The molecule has 0 radical (unpaired) electrons. The van der Waals surface area contributed by atoms with Gasteiger partial charge in [0.1, 0.15) is 6.54 Å². The number of aryl methyl sites for hydroxylation is 1. The molecule has 1 aromatic carbocycles. The lowest BCUT2D eigenvalue weighted by Crippen LogP contribution is -2.39. The molecule has 0 spiro atoms. The van der Waals surface area contributed by atoms with Gasteiger partial charge in [0, 0.05) is 33.8 Å². The van der Waals surface area contributed by atoms with Gasteiger partial charge >= 0.3 is 0 Å². The molecule has 0 atom stereocenters. The third-order valence-corrected chi connectivity index (χ3v) is 3.55. The van der Waals surface area contributed by atoms with Gasteiger partial charge in [-0.1, -0.05) is 31.2 Å². The standard InChI is InChI=1S/C18H30N4O2/c1-5-15-7-9-16(10-8-15)14-22(3)18(19-6-2)21-13-17(23)20-11-12-24-4/h7-10H,5-6,11-14H2,1-4H3,(H,19,21)(H,20,23). The second-order valence-corrected chi connectivity index (χ2v) is 5.54. The Morgan fingerprint density at radius 2 is 1.83 bits per heavy atom. The molecule has 134 valence electrons. The van der Waals surface area contributed by atoms with Crippen LogP contribution in [0.1, 0.15) is 25.0 Å². The average Bonchev–Trinajstić information content (AvgIpc) is 2.59. The number of aliphatic imine (C=N–C) groups is 1. The van der Waals surface area contributed by atoms with E-state index in [0.29, 0.717) is 13.2 Å². The van der Waals surface area contributed by atoms with Crippen molar-refractivity contribution in [2.24, 2.45) is 4.99 Å². The minimum Gasteiger partial charge on any atom is -0.383 e. The summed E-state index contributed by atoms with van der Waals surface area (Å²) in [5.41, 5.74) is 2.54. The zero-order chi connectivity index (χ0) is 17.8. The van der Waals surface area contributed by atoms with Crippen molar-refractivity contribution < 1.29 is 9.53 Å². The number of hydrogen-bond donors (Lipinski definition) is 2. The van der Waals surface area contributed by atoms with Crippen LogP contribution in [0, 0.1) is 0 Å². The number of carbonyl (C=O) groups is 1. The third-order valence-electron chi connectivity index (χ3n) is 3.55. The van der Waals surface area contributed by atoms with Crippen LogP contribution in [0.15, 0.2) is 29.3 Å². The number of guanidine groups is 1. The van der Waals surface area contributed by atoms with E-state index in [1.165, 1.54) is 11.1 Å². The lowest BCUT2D eigenvalue weighted by molar-refractivity contribution is -0.119. The van der Waals surface area contributed by atoms with Crippen molar-refractivity contribution in [3.8, 4) is 0 Å². The van der Waals surface area contributed by atoms with E-state index in [2.05, 4.69) is 46.8 Å². The highest BCUT2D eigenvalue weighted by Gasteiger charge is 2.08. The molecule has 0 aliphatic heterocycles. The first kappa shape index (κ1) is 20.0. The number of benzene rings is 1. The van der Waals surface area contributed by atoms with Gasteiger partial charge in [-0.15, -0.1) is 0 Å². The molecule has 0 aliphatic carbocycles. The zero-order valence-electron chi connectivity index (χ0n) is 15.3. The fourth-order valence-electron chi connectivity index (χ4n) is 2.19. The Bertz CT molecular complexity index is 514. The van der Waals surface area contributed by atoms with Crippen LogP contribution in [0.3, 0.4) is 0 Å². The van der Waals surface area contributed by atoms with Crippen LogP contribution < -0.4 is 10.6 Å². The Morgan fingerprint density at radius 3 is 2.42 bits per heavy atom. The number of methoxy groups -OCH3 is 1. The Labute approximate surface area is 145 Å². The predicted octanol–water partition coefficient (Wildman–Crippen LogP) is 1.41. The molecular weight excluding hydrogens is 304 g/mol. The van der Waals surface area contributed by atoms with Crippen LogP contribution >= 0.6 is 0 Å². The molecule has 0 saturated heterocycles. The molecule has 0 saturated carbocycles. The normalized spacial score (nSPS) is 11.2. The van der Waals surface area contributed by atoms with Crippen molar-refractivity contribution >= 4 is 11.9 Å². The fraction of sp³-hybridized carbons (Fsp3) is 0.556. The summed E-state index contributed by atoms with van der Waals surface area (Å²) in [7, 11) is 3.58. The minimum absolute atomic E-state index is 0.102.